The van der Waals surface area contributed by atoms with Crippen molar-refractivity contribution in [3.8, 4) is 5.75 Å². The molecule has 3 rings (SSSR count). The third-order valence-electron chi connectivity index (χ3n) is 3.88. The number of carbonyl (C=O) groups excluding carboxylic acids is 1. The maximum Gasteiger partial charge on any atom is 0.573 e. The van der Waals surface area contributed by atoms with Crippen molar-refractivity contribution in [2.45, 2.75) is 26.1 Å². The first-order chi connectivity index (χ1) is 13.8. The van der Waals surface area contributed by atoms with Crippen molar-refractivity contribution in [1.29, 1.82) is 0 Å². The average Bonchev–Trinajstić information content (AvgIpc) is 3.09. The van der Waals surface area contributed by atoms with Crippen molar-refractivity contribution in [3.05, 3.63) is 65.2 Å². The summed E-state index contributed by atoms with van der Waals surface area (Å²) in [5.41, 5.74) is 3.07. The van der Waals surface area contributed by atoms with E-state index in [0.29, 0.717) is 16.5 Å². The number of halogens is 3. The Hall–Kier alpha value is -3.07. The van der Waals surface area contributed by atoms with Crippen LogP contribution in [0.15, 0.2) is 53.9 Å². The summed E-state index contributed by atoms with van der Waals surface area (Å²) in [6, 6.07) is 13.0. The van der Waals surface area contributed by atoms with Gasteiger partial charge in [0.15, 0.2) is 5.13 Å². The van der Waals surface area contributed by atoms with Gasteiger partial charge in [0.2, 0.25) is 5.91 Å². The number of rotatable bonds is 7. The van der Waals surface area contributed by atoms with Gasteiger partial charge in [0, 0.05) is 16.8 Å². The summed E-state index contributed by atoms with van der Waals surface area (Å²) in [4.78, 5) is 16.5. The van der Waals surface area contributed by atoms with Crippen LogP contribution >= 0.6 is 11.3 Å². The molecule has 1 heterocycles. The highest BCUT2D eigenvalue weighted by atomic mass is 32.1. The van der Waals surface area contributed by atoms with Crippen molar-refractivity contribution >= 4 is 33.8 Å². The lowest BCUT2D eigenvalue weighted by atomic mass is 10.1. The van der Waals surface area contributed by atoms with E-state index in [0.717, 1.165) is 12.1 Å². The Bertz CT molecular complexity index is 954. The molecule has 0 saturated heterocycles. The molecule has 0 aliphatic rings. The van der Waals surface area contributed by atoms with Crippen LogP contribution in [0.4, 0.5) is 29.7 Å². The Morgan fingerprint density at radius 2 is 1.72 bits per heavy atom. The number of alkyl halides is 3. The number of ether oxygens (including phenoxy) is 1. The van der Waals surface area contributed by atoms with Gasteiger partial charge < -0.3 is 15.4 Å². The van der Waals surface area contributed by atoms with Gasteiger partial charge in [-0.3, -0.25) is 4.79 Å². The normalized spacial score (nSPS) is 11.2. The minimum atomic E-state index is -4.72. The monoisotopic (exact) mass is 421 g/mol. The SMILES string of the molecule is CCc1ccc(NC(=O)Cc2csc(Nc3ccc(OC(F)(F)F)cc3)n2)cc1. The first-order valence-electron chi connectivity index (χ1n) is 8.77. The predicted molar refractivity (Wildman–Crippen MR) is 107 cm³/mol. The van der Waals surface area contributed by atoms with E-state index in [4.69, 9.17) is 0 Å². The molecule has 2 aromatic carbocycles. The zero-order valence-electron chi connectivity index (χ0n) is 15.4. The quantitative estimate of drug-likeness (QED) is 0.527. The van der Waals surface area contributed by atoms with Gasteiger partial charge in [0.1, 0.15) is 5.75 Å². The van der Waals surface area contributed by atoms with E-state index in [1.165, 1.54) is 41.2 Å². The van der Waals surface area contributed by atoms with Crippen LogP contribution < -0.4 is 15.4 Å². The van der Waals surface area contributed by atoms with E-state index in [9.17, 15) is 18.0 Å². The molecule has 0 radical (unpaired) electrons. The molecule has 0 fully saturated rings. The van der Waals surface area contributed by atoms with Crippen LogP contribution in [0.2, 0.25) is 0 Å². The van der Waals surface area contributed by atoms with Crippen molar-refractivity contribution in [2.24, 2.45) is 0 Å². The second-order valence-electron chi connectivity index (χ2n) is 6.12. The van der Waals surface area contributed by atoms with Crippen LogP contribution in [0.3, 0.4) is 0 Å². The molecule has 2 N–H and O–H groups in total. The lowest BCUT2D eigenvalue weighted by Crippen LogP contribution is -2.16. The van der Waals surface area contributed by atoms with Gasteiger partial charge in [-0.1, -0.05) is 19.1 Å². The highest BCUT2D eigenvalue weighted by molar-refractivity contribution is 7.13. The highest BCUT2D eigenvalue weighted by Gasteiger charge is 2.30. The number of thiazole rings is 1. The van der Waals surface area contributed by atoms with Crippen molar-refractivity contribution < 1.29 is 22.7 Å². The average molecular weight is 421 g/mol. The second kappa shape index (κ2) is 8.95. The van der Waals surface area contributed by atoms with Crippen LogP contribution in [0.5, 0.6) is 5.75 Å². The molecule has 3 aromatic rings. The molecule has 0 spiro atoms. The summed E-state index contributed by atoms with van der Waals surface area (Å²) < 4.78 is 40.4. The number of benzene rings is 2. The molecule has 1 amide bonds. The third-order valence-corrected chi connectivity index (χ3v) is 4.69. The first-order valence-corrected chi connectivity index (χ1v) is 9.65. The smallest absolute Gasteiger partial charge is 0.406 e. The van der Waals surface area contributed by atoms with Crippen LogP contribution in [-0.2, 0) is 17.6 Å². The lowest BCUT2D eigenvalue weighted by Gasteiger charge is -2.09. The molecule has 0 aliphatic heterocycles. The fourth-order valence-corrected chi connectivity index (χ4v) is 3.23. The summed E-state index contributed by atoms with van der Waals surface area (Å²) in [6.07, 6.45) is -3.68. The summed E-state index contributed by atoms with van der Waals surface area (Å²) in [5, 5.41) is 8.10. The van der Waals surface area contributed by atoms with Crippen LogP contribution in [0, 0.1) is 0 Å². The first kappa shape index (κ1) is 20.7. The van der Waals surface area contributed by atoms with Gasteiger partial charge >= 0.3 is 6.36 Å². The molecule has 1 aromatic heterocycles. The summed E-state index contributed by atoms with van der Waals surface area (Å²) in [7, 11) is 0. The molecule has 0 bridgehead atoms. The standard InChI is InChI=1S/C20H18F3N3O2S/c1-2-13-3-5-14(6-4-13)24-18(27)11-16-12-29-19(26-16)25-15-7-9-17(10-8-15)28-20(21,22)23/h3-10,12H,2,11H2,1H3,(H,24,27)(H,25,26). The molecular formula is C20H18F3N3O2S. The predicted octanol–water partition coefficient (Wildman–Crippen LogP) is 5.53. The number of aromatic nitrogens is 1. The van der Waals surface area contributed by atoms with Crippen molar-refractivity contribution in [3.63, 3.8) is 0 Å². The van der Waals surface area contributed by atoms with Crippen LogP contribution in [0.1, 0.15) is 18.2 Å². The lowest BCUT2D eigenvalue weighted by molar-refractivity contribution is -0.274. The van der Waals surface area contributed by atoms with E-state index in [1.807, 2.05) is 24.3 Å². The Balaban J connectivity index is 1.54. The van der Waals surface area contributed by atoms with E-state index >= 15 is 0 Å². The molecule has 0 aliphatic carbocycles. The van der Waals surface area contributed by atoms with E-state index in [2.05, 4.69) is 27.3 Å². The number of aryl methyl sites for hydroxylation is 1. The second-order valence-corrected chi connectivity index (χ2v) is 6.97. The summed E-state index contributed by atoms with van der Waals surface area (Å²) >= 11 is 1.30. The number of hydrogen-bond donors (Lipinski definition) is 2. The number of anilines is 3. The van der Waals surface area contributed by atoms with Gasteiger partial charge in [-0.05, 0) is 48.4 Å². The Kier molecular flexibility index (Phi) is 6.38. The zero-order chi connectivity index (χ0) is 20.9. The Labute approximate surface area is 169 Å². The fourth-order valence-electron chi connectivity index (χ4n) is 2.50. The molecular weight excluding hydrogens is 403 g/mol. The molecule has 9 heteroatoms. The number of hydrogen-bond acceptors (Lipinski definition) is 5. The number of nitrogens with one attached hydrogen (secondary N) is 2. The van der Waals surface area contributed by atoms with E-state index < -0.39 is 6.36 Å². The molecule has 152 valence electrons. The Morgan fingerprint density at radius 1 is 1.07 bits per heavy atom. The zero-order valence-corrected chi connectivity index (χ0v) is 16.2. The Morgan fingerprint density at radius 3 is 2.34 bits per heavy atom. The molecule has 29 heavy (non-hydrogen) atoms. The minimum absolute atomic E-state index is 0.117. The summed E-state index contributed by atoms with van der Waals surface area (Å²) in [5.74, 6) is -0.480. The fraction of sp³-hybridized carbons (Fsp3) is 0.200. The van der Waals surface area contributed by atoms with Gasteiger partial charge in [-0.2, -0.15) is 0 Å². The van der Waals surface area contributed by atoms with Gasteiger partial charge in [0.05, 0.1) is 12.1 Å². The molecule has 0 saturated carbocycles. The van der Waals surface area contributed by atoms with Crippen molar-refractivity contribution in [1.82, 2.24) is 4.98 Å². The van der Waals surface area contributed by atoms with E-state index in [1.54, 1.807) is 5.38 Å². The van der Waals surface area contributed by atoms with Gasteiger partial charge in [-0.15, -0.1) is 24.5 Å². The molecule has 0 atom stereocenters. The number of amides is 1. The minimum Gasteiger partial charge on any atom is -0.406 e. The van der Waals surface area contributed by atoms with Gasteiger partial charge in [-0.25, -0.2) is 4.98 Å². The molecule has 5 nitrogen and oxygen atoms in total. The largest absolute Gasteiger partial charge is 0.573 e. The third kappa shape index (κ3) is 6.49. The van der Waals surface area contributed by atoms with Gasteiger partial charge in [0.25, 0.3) is 0 Å². The van der Waals surface area contributed by atoms with Crippen LogP contribution in [0.25, 0.3) is 0 Å². The molecule has 0 unspecified atom stereocenters. The number of carbonyl (C=O) groups is 1. The summed E-state index contributed by atoms with van der Waals surface area (Å²) in [6.45, 7) is 2.06. The number of nitrogens with zero attached hydrogens (tertiary/aromatic N) is 1. The maximum atomic E-state index is 12.2. The topological polar surface area (TPSA) is 63.2 Å². The highest BCUT2D eigenvalue weighted by Crippen LogP contribution is 2.26. The van der Waals surface area contributed by atoms with Crippen molar-refractivity contribution in [2.75, 3.05) is 10.6 Å². The maximum absolute atomic E-state index is 12.2. The van der Waals surface area contributed by atoms with Crippen LogP contribution in [-0.4, -0.2) is 17.3 Å². The van der Waals surface area contributed by atoms with E-state index in [-0.39, 0.29) is 18.1 Å².